The lowest BCUT2D eigenvalue weighted by Gasteiger charge is -2.17. The summed E-state index contributed by atoms with van der Waals surface area (Å²) in [6.45, 7) is 16.0. The molecule has 0 aliphatic carbocycles. The molecule has 27 heavy (non-hydrogen) atoms. The van der Waals surface area contributed by atoms with E-state index >= 15 is 0 Å². The molecular formula is C23H32N4. The number of benzene rings is 1. The van der Waals surface area contributed by atoms with Gasteiger partial charge in [-0.2, -0.15) is 0 Å². The first-order valence-electron chi connectivity index (χ1n) is 10.1. The number of unbranched alkanes of at least 4 members (excludes halogenated alkanes) is 1. The summed E-state index contributed by atoms with van der Waals surface area (Å²) in [4.78, 5) is 9.60. The highest BCUT2D eigenvalue weighted by Gasteiger charge is 2.22. The van der Waals surface area contributed by atoms with Crippen molar-refractivity contribution in [1.29, 1.82) is 0 Å². The number of anilines is 1. The molecule has 3 rings (SSSR count). The van der Waals surface area contributed by atoms with Gasteiger partial charge in [-0.1, -0.05) is 31.0 Å². The average molecular weight is 365 g/mol. The van der Waals surface area contributed by atoms with Crippen molar-refractivity contribution in [3.05, 3.63) is 45.9 Å². The van der Waals surface area contributed by atoms with Crippen LogP contribution in [0.3, 0.4) is 0 Å². The number of aromatic nitrogens is 3. The largest absolute Gasteiger partial charge is 0.370 e. The minimum atomic E-state index is 0.807. The standard InChI is InChI=1S/C23H32N4/c1-8-10-11-19-17(6)20-22(24-9-2)25-18(7)26-23(20)27(19)21-15(4)12-14(3)13-16(21)5/h12-13H,8-11H2,1-7H3,(H,24,25,26). The van der Waals surface area contributed by atoms with Gasteiger partial charge in [-0.15, -0.1) is 0 Å². The van der Waals surface area contributed by atoms with Gasteiger partial charge in [0.25, 0.3) is 0 Å². The summed E-state index contributed by atoms with van der Waals surface area (Å²) in [5.41, 5.74) is 8.85. The Labute approximate surface area is 163 Å². The van der Waals surface area contributed by atoms with E-state index in [1.807, 2.05) is 6.92 Å². The molecule has 1 N–H and O–H groups in total. The Morgan fingerprint density at radius 3 is 2.22 bits per heavy atom. The van der Waals surface area contributed by atoms with Crippen LogP contribution >= 0.6 is 0 Å². The Morgan fingerprint density at radius 2 is 1.63 bits per heavy atom. The highest BCUT2D eigenvalue weighted by Crippen LogP contribution is 2.35. The monoisotopic (exact) mass is 364 g/mol. The number of hydrogen-bond acceptors (Lipinski definition) is 3. The summed E-state index contributed by atoms with van der Waals surface area (Å²) in [7, 11) is 0. The van der Waals surface area contributed by atoms with Crippen LogP contribution in [0.25, 0.3) is 16.7 Å². The molecule has 4 heteroatoms. The Hall–Kier alpha value is -2.36. The van der Waals surface area contributed by atoms with Gasteiger partial charge in [-0.3, -0.25) is 4.57 Å². The minimum Gasteiger partial charge on any atom is -0.370 e. The SMILES string of the molecule is CCCCc1c(C)c2c(NCC)nc(C)nc2n1-c1c(C)cc(C)cc1C. The maximum Gasteiger partial charge on any atom is 0.150 e. The van der Waals surface area contributed by atoms with Gasteiger partial charge in [0.05, 0.1) is 11.1 Å². The molecule has 3 aromatic rings. The predicted molar refractivity (Wildman–Crippen MR) is 115 cm³/mol. The van der Waals surface area contributed by atoms with Gasteiger partial charge in [-0.25, -0.2) is 9.97 Å². The lowest BCUT2D eigenvalue weighted by atomic mass is 10.0. The lowest BCUT2D eigenvalue weighted by Crippen LogP contribution is -2.08. The molecule has 0 spiro atoms. The fourth-order valence-corrected chi connectivity index (χ4v) is 4.21. The van der Waals surface area contributed by atoms with Crippen molar-refractivity contribution in [2.75, 3.05) is 11.9 Å². The quantitative estimate of drug-likeness (QED) is 0.607. The third-order valence-electron chi connectivity index (χ3n) is 5.26. The van der Waals surface area contributed by atoms with Gasteiger partial charge in [-0.05, 0) is 71.1 Å². The van der Waals surface area contributed by atoms with Crippen molar-refractivity contribution in [2.45, 2.75) is 67.7 Å². The van der Waals surface area contributed by atoms with Crippen LogP contribution in [-0.2, 0) is 6.42 Å². The molecule has 0 aliphatic heterocycles. The van der Waals surface area contributed by atoms with Gasteiger partial charge in [0.15, 0.2) is 5.65 Å². The van der Waals surface area contributed by atoms with Crippen molar-refractivity contribution in [1.82, 2.24) is 14.5 Å². The highest BCUT2D eigenvalue weighted by atomic mass is 15.1. The van der Waals surface area contributed by atoms with Crippen molar-refractivity contribution in [3.8, 4) is 5.69 Å². The molecule has 0 unspecified atom stereocenters. The molecule has 0 aliphatic rings. The van der Waals surface area contributed by atoms with E-state index in [1.54, 1.807) is 0 Å². The Morgan fingerprint density at radius 1 is 0.963 bits per heavy atom. The molecular weight excluding hydrogens is 332 g/mol. The molecule has 0 radical (unpaired) electrons. The second kappa shape index (κ2) is 7.71. The lowest BCUT2D eigenvalue weighted by molar-refractivity contribution is 0.756. The van der Waals surface area contributed by atoms with Crippen LogP contribution in [0.15, 0.2) is 12.1 Å². The second-order valence-corrected chi connectivity index (χ2v) is 7.61. The van der Waals surface area contributed by atoms with Crippen molar-refractivity contribution >= 4 is 16.9 Å². The average Bonchev–Trinajstić information content (AvgIpc) is 2.84. The van der Waals surface area contributed by atoms with Crippen molar-refractivity contribution in [2.24, 2.45) is 0 Å². The summed E-state index contributed by atoms with van der Waals surface area (Å²) in [6.07, 6.45) is 3.40. The fourth-order valence-electron chi connectivity index (χ4n) is 4.21. The van der Waals surface area contributed by atoms with E-state index in [2.05, 4.69) is 63.6 Å². The molecule has 0 amide bonds. The molecule has 2 aromatic heterocycles. The molecule has 144 valence electrons. The Balaban J connectivity index is 2.43. The van der Waals surface area contributed by atoms with E-state index in [-0.39, 0.29) is 0 Å². The number of nitrogens with zero attached hydrogens (tertiary/aromatic N) is 3. The topological polar surface area (TPSA) is 42.7 Å². The maximum absolute atomic E-state index is 4.90. The minimum absolute atomic E-state index is 0.807. The smallest absolute Gasteiger partial charge is 0.150 e. The first-order chi connectivity index (χ1) is 12.9. The van der Waals surface area contributed by atoms with E-state index in [4.69, 9.17) is 9.97 Å². The van der Waals surface area contributed by atoms with Crippen LogP contribution in [0.5, 0.6) is 0 Å². The molecule has 0 saturated heterocycles. The number of aryl methyl sites for hydroxylation is 5. The molecule has 1 aromatic carbocycles. The van der Waals surface area contributed by atoms with Gasteiger partial charge in [0.1, 0.15) is 11.6 Å². The molecule has 4 nitrogen and oxygen atoms in total. The number of rotatable bonds is 6. The van der Waals surface area contributed by atoms with E-state index in [9.17, 15) is 0 Å². The van der Waals surface area contributed by atoms with Crippen LogP contribution in [0.1, 0.15) is 60.5 Å². The molecule has 2 heterocycles. The van der Waals surface area contributed by atoms with Crippen LogP contribution in [0, 0.1) is 34.6 Å². The third kappa shape index (κ3) is 3.45. The third-order valence-corrected chi connectivity index (χ3v) is 5.26. The van der Waals surface area contributed by atoms with E-state index in [1.165, 1.54) is 46.5 Å². The Bertz CT molecular complexity index is 959. The molecule has 0 fully saturated rings. The summed E-state index contributed by atoms with van der Waals surface area (Å²) >= 11 is 0. The van der Waals surface area contributed by atoms with Gasteiger partial charge < -0.3 is 5.32 Å². The molecule has 0 bridgehead atoms. The normalized spacial score (nSPS) is 11.4. The molecule has 0 saturated carbocycles. The zero-order valence-corrected chi connectivity index (χ0v) is 17.8. The number of nitrogens with one attached hydrogen (secondary N) is 1. The van der Waals surface area contributed by atoms with Crippen molar-refractivity contribution in [3.63, 3.8) is 0 Å². The maximum atomic E-state index is 4.90. The van der Waals surface area contributed by atoms with Crippen LogP contribution in [-0.4, -0.2) is 21.1 Å². The zero-order chi connectivity index (χ0) is 19.7. The summed E-state index contributed by atoms with van der Waals surface area (Å²) in [6, 6.07) is 4.54. The summed E-state index contributed by atoms with van der Waals surface area (Å²) in [5, 5.41) is 4.61. The van der Waals surface area contributed by atoms with E-state index < -0.39 is 0 Å². The molecule has 0 atom stereocenters. The van der Waals surface area contributed by atoms with Crippen LogP contribution in [0.2, 0.25) is 0 Å². The number of hydrogen-bond donors (Lipinski definition) is 1. The Kier molecular flexibility index (Phi) is 5.54. The summed E-state index contributed by atoms with van der Waals surface area (Å²) in [5.74, 6) is 1.76. The summed E-state index contributed by atoms with van der Waals surface area (Å²) < 4.78 is 2.40. The van der Waals surface area contributed by atoms with Gasteiger partial charge in [0, 0.05) is 12.2 Å². The van der Waals surface area contributed by atoms with E-state index in [0.29, 0.717) is 0 Å². The van der Waals surface area contributed by atoms with Gasteiger partial charge in [0.2, 0.25) is 0 Å². The number of fused-ring (bicyclic) bond motifs is 1. The highest BCUT2D eigenvalue weighted by molar-refractivity contribution is 5.93. The first-order valence-corrected chi connectivity index (χ1v) is 10.1. The van der Waals surface area contributed by atoms with E-state index in [0.717, 1.165) is 35.6 Å². The first kappa shape index (κ1) is 19.4. The van der Waals surface area contributed by atoms with Crippen LogP contribution in [0.4, 0.5) is 5.82 Å². The van der Waals surface area contributed by atoms with Gasteiger partial charge >= 0.3 is 0 Å². The predicted octanol–water partition coefficient (Wildman–Crippen LogP) is 5.74. The van der Waals surface area contributed by atoms with Crippen LogP contribution < -0.4 is 5.32 Å². The fraction of sp³-hybridized carbons (Fsp3) is 0.478. The van der Waals surface area contributed by atoms with Crippen molar-refractivity contribution < 1.29 is 0 Å². The zero-order valence-electron chi connectivity index (χ0n) is 17.8. The second-order valence-electron chi connectivity index (χ2n) is 7.61.